The van der Waals surface area contributed by atoms with E-state index in [0.29, 0.717) is 24.6 Å². The first-order valence-corrected chi connectivity index (χ1v) is 9.41. The highest BCUT2D eigenvalue weighted by molar-refractivity contribution is 5.93. The van der Waals surface area contributed by atoms with Gasteiger partial charge in [0.05, 0.1) is 18.9 Å². The summed E-state index contributed by atoms with van der Waals surface area (Å²) in [6.07, 6.45) is 6.72. The Morgan fingerprint density at radius 2 is 1.93 bits per heavy atom. The van der Waals surface area contributed by atoms with Crippen molar-refractivity contribution in [1.29, 1.82) is 0 Å². The normalized spacial score (nSPS) is 14.9. The molecule has 3 aromatic rings. The Morgan fingerprint density at radius 1 is 1.18 bits per heavy atom. The van der Waals surface area contributed by atoms with E-state index in [-0.39, 0.29) is 11.9 Å². The van der Waals surface area contributed by atoms with Crippen molar-refractivity contribution < 1.29 is 9.53 Å². The highest BCUT2D eigenvalue weighted by Gasteiger charge is 2.27. The van der Waals surface area contributed by atoms with E-state index in [9.17, 15) is 4.79 Å². The molecule has 1 fully saturated rings. The minimum atomic E-state index is -0.0374. The van der Waals surface area contributed by atoms with Crippen LogP contribution in [0.4, 0.5) is 0 Å². The number of ether oxygens (including phenoxy) is 1. The van der Waals surface area contributed by atoms with Gasteiger partial charge < -0.3 is 9.64 Å². The number of aromatic nitrogens is 4. The Labute approximate surface area is 163 Å². The number of piperidine rings is 1. The lowest BCUT2D eigenvalue weighted by molar-refractivity contribution is 0.0711. The molecule has 7 heteroatoms. The van der Waals surface area contributed by atoms with Gasteiger partial charge in [0.2, 0.25) is 0 Å². The van der Waals surface area contributed by atoms with Gasteiger partial charge in [0.25, 0.3) is 5.91 Å². The molecule has 1 saturated heterocycles. The Kier molecular flexibility index (Phi) is 5.06. The lowest BCUT2D eigenvalue weighted by Crippen LogP contribution is -2.38. The van der Waals surface area contributed by atoms with E-state index in [0.717, 1.165) is 24.1 Å². The lowest BCUT2D eigenvalue weighted by atomic mass is 9.89. The van der Waals surface area contributed by atoms with Gasteiger partial charge in [0.1, 0.15) is 0 Å². The number of rotatable bonds is 4. The molecule has 1 aliphatic rings. The van der Waals surface area contributed by atoms with E-state index in [2.05, 4.69) is 51.4 Å². The summed E-state index contributed by atoms with van der Waals surface area (Å²) in [6, 6.07) is 8.72. The number of methoxy groups -OCH3 is 1. The van der Waals surface area contributed by atoms with Crippen molar-refractivity contribution in [2.75, 3.05) is 20.2 Å². The van der Waals surface area contributed by atoms with E-state index < -0.39 is 0 Å². The van der Waals surface area contributed by atoms with Crippen molar-refractivity contribution in [3.63, 3.8) is 0 Å². The number of nitrogens with one attached hydrogen (secondary N) is 1. The van der Waals surface area contributed by atoms with Crippen LogP contribution in [-0.4, -0.2) is 51.2 Å². The fraction of sp³-hybridized carbons (Fsp3) is 0.333. The number of hydrogen-bond acceptors (Lipinski definition) is 5. The van der Waals surface area contributed by atoms with E-state index >= 15 is 0 Å². The van der Waals surface area contributed by atoms with E-state index in [1.165, 1.54) is 30.6 Å². The molecule has 0 spiro atoms. The molecule has 0 atom stereocenters. The summed E-state index contributed by atoms with van der Waals surface area (Å²) in [5.41, 5.74) is 5.20. The highest BCUT2D eigenvalue weighted by Crippen LogP contribution is 2.34. The predicted octanol–water partition coefficient (Wildman–Crippen LogP) is 3.20. The zero-order valence-corrected chi connectivity index (χ0v) is 16.1. The van der Waals surface area contributed by atoms with E-state index in [1.807, 2.05) is 11.1 Å². The topological polar surface area (TPSA) is 84.0 Å². The van der Waals surface area contributed by atoms with Gasteiger partial charge in [-0.25, -0.2) is 9.97 Å². The number of amides is 1. The number of carbonyl (C=O) groups excluding carboxylic acids is 1. The molecule has 1 aliphatic heterocycles. The molecule has 0 saturated carbocycles. The van der Waals surface area contributed by atoms with Gasteiger partial charge in [-0.2, -0.15) is 5.10 Å². The number of nitrogens with zero attached hydrogens (tertiary/aromatic N) is 4. The zero-order valence-electron chi connectivity index (χ0n) is 16.1. The average Bonchev–Trinajstić information content (AvgIpc) is 3.23. The van der Waals surface area contributed by atoms with Gasteiger partial charge in [-0.05, 0) is 25.3 Å². The van der Waals surface area contributed by atoms with Crippen molar-refractivity contribution in [3.05, 3.63) is 59.7 Å². The van der Waals surface area contributed by atoms with Crippen LogP contribution in [0.2, 0.25) is 0 Å². The van der Waals surface area contributed by atoms with E-state index in [4.69, 9.17) is 4.74 Å². The fourth-order valence-electron chi connectivity index (χ4n) is 3.74. The van der Waals surface area contributed by atoms with Crippen molar-refractivity contribution >= 4 is 5.91 Å². The van der Waals surface area contributed by atoms with Crippen LogP contribution in [0, 0.1) is 6.92 Å². The fourth-order valence-corrected chi connectivity index (χ4v) is 3.74. The summed E-state index contributed by atoms with van der Waals surface area (Å²) in [7, 11) is 1.50. The molecule has 0 aliphatic carbocycles. The number of hydrogen-bond donors (Lipinski definition) is 1. The van der Waals surface area contributed by atoms with Gasteiger partial charge in [-0.3, -0.25) is 9.89 Å². The summed E-state index contributed by atoms with van der Waals surface area (Å²) >= 11 is 0. The maximum atomic E-state index is 12.7. The molecule has 0 radical (unpaired) electrons. The van der Waals surface area contributed by atoms with Crippen LogP contribution in [0.5, 0.6) is 6.01 Å². The summed E-state index contributed by atoms with van der Waals surface area (Å²) < 4.78 is 4.95. The molecule has 1 aromatic carbocycles. The highest BCUT2D eigenvalue weighted by atomic mass is 16.5. The third-order valence-corrected chi connectivity index (χ3v) is 5.25. The maximum absolute atomic E-state index is 12.7. The molecular formula is C21H23N5O2. The molecular weight excluding hydrogens is 354 g/mol. The summed E-state index contributed by atoms with van der Waals surface area (Å²) in [6.45, 7) is 3.49. The summed E-state index contributed by atoms with van der Waals surface area (Å²) in [5.74, 6) is 0.318. The molecule has 3 heterocycles. The Hall–Kier alpha value is -3.22. The molecule has 1 amide bonds. The number of aromatic amines is 1. The molecule has 4 rings (SSSR count). The smallest absolute Gasteiger partial charge is 0.316 e. The lowest BCUT2D eigenvalue weighted by Gasteiger charge is -2.32. The SMILES string of the molecule is COc1ncc(C(=O)N2CCC(c3[nH]ncc3-c3cccc(C)c3)CC2)cn1. The third-order valence-electron chi connectivity index (χ3n) is 5.25. The Morgan fingerprint density at radius 3 is 2.61 bits per heavy atom. The second-order valence-corrected chi connectivity index (χ2v) is 7.09. The van der Waals surface area contributed by atoms with Gasteiger partial charge >= 0.3 is 6.01 Å². The van der Waals surface area contributed by atoms with Gasteiger partial charge in [0.15, 0.2) is 0 Å². The zero-order chi connectivity index (χ0) is 19.5. The molecule has 0 bridgehead atoms. The van der Waals surface area contributed by atoms with Crippen LogP contribution in [0.3, 0.4) is 0 Å². The van der Waals surface area contributed by atoms with Crippen molar-refractivity contribution in [3.8, 4) is 17.1 Å². The van der Waals surface area contributed by atoms with Crippen LogP contribution in [0.15, 0.2) is 42.9 Å². The first-order valence-electron chi connectivity index (χ1n) is 9.41. The number of carbonyl (C=O) groups is 1. The summed E-state index contributed by atoms with van der Waals surface area (Å²) in [5, 5.41) is 7.48. The van der Waals surface area contributed by atoms with Crippen LogP contribution in [0.1, 0.15) is 40.4 Å². The molecule has 7 nitrogen and oxygen atoms in total. The third kappa shape index (κ3) is 3.60. The second kappa shape index (κ2) is 7.80. The largest absolute Gasteiger partial charge is 0.467 e. The van der Waals surface area contributed by atoms with Gasteiger partial charge in [0, 0.05) is 42.7 Å². The number of benzene rings is 1. The number of likely N-dealkylation sites (tertiary alicyclic amines) is 1. The Bertz CT molecular complexity index is 959. The first-order chi connectivity index (χ1) is 13.7. The monoisotopic (exact) mass is 377 g/mol. The van der Waals surface area contributed by atoms with Gasteiger partial charge in [-0.1, -0.05) is 29.8 Å². The number of H-pyrrole nitrogens is 1. The van der Waals surface area contributed by atoms with Crippen molar-refractivity contribution in [1.82, 2.24) is 25.1 Å². The molecule has 28 heavy (non-hydrogen) atoms. The predicted molar refractivity (Wildman–Crippen MR) is 105 cm³/mol. The maximum Gasteiger partial charge on any atom is 0.316 e. The quantitative estimate of drug-likeness (QED) is 0.755. The van der Waals surface area contributed by atoms with Crippen LogP contribution in [-0.2, 0) is 0 Å². The standard InChI is InChI=1S/C21H23N5O2/c1-14-4-3-5-16(10-14)18-13-24-25-19(18)15-6-8-26(9-7-15)20(27)17-11-22-21(28-2)23-12-17/h3-5,10-13,15H,6-9H2,1-2H3,(H,24,25). The Balaban J connectivity index is 1.45. The first kappa shape index (κ1) is 18.2. The minimum Gasteiger partial charge on any atom is -0.467 e. The van der Waals surface area contributed by atoms with Crippen LogP contribution in [0.25, 0.3) is 11.1 Å². The van der Waals surface area contributed by atoms with Crippen molar-refractivity contribution in [2.45, 2.75) is 25.7 Å². The molecule has 2 aromatic heterocycles. The number of aryl methyl sites for hydroxylation is 1. The average molecular weight is 377 g/mol. The van der Waals surface area contributed by atoms with Crippen LogP contribution >= 0.6 is 0 Å². The van der Waals surface area contributed by atoms with Crippen LogP contribution < -0.4 is 4.74 Å². The molecule has 0 unspecified atom stereocenters. The molecule has 1 N–H and O–H groups in total. The van der Waals surface area contributed by atoms with Gasteiger partial charge in [-0.15, -0.1) is 0 Å². The van der Waals surface area contributed by atoms with E-state index in [1.54, 1.807) is 0 Å². The summed E-state index contributed by atoms with van der Waals surface area (Å²) in [4.78, 5) is 22.6. The second-order valence-electron chi connectivity index (χ2n) is 7.09. The molecule has 144 valence electrons. The van der Waals surface area contributed by atoms with Crippen molar-refractivity contribution in [2.24, 2.45) is 0 Å². The minimum absolute atomic E-state index is 0.0374.